The van der Waals surface area contributed by atoms with Crippen molar-refractivity contribution in [2.45, 2.75) is 51.6 Å². The van der Waals surface area contributed by atoms with Crippen molar-refractivity contribution in [3.05, 3.63) is 23.5 Å². The minimum atomic E-state index is -0.859. The largest absolute Gasteiger partial charge is 0.478 e. The van der Waals surface area contributed by atoms with Crippen molar-refractivity contribution in [2.24, 2.45) is 5.92 Å². The molecule has 3 N–H and O–H groups in total. The van der Waals surface area contributed by atoms with Crippen LogP contribution < -0.4 is 5.32 Å². The van der Waals surface area contributed by atoms with E-state index >= 15 is 0 Å². The average Bonchev–Trinajstić information content (AvgIpc) is 2.85. The molecule has 1 fully saturated rings. The first-order valence-electron chi connectivity index (χ1n) is 6.83. The fraction of sp³-hybridized carbons (Fsp3) is 0.643. The summed E-state index contributed by atoms with van der Waals surface area (Å²) < 4.78 is 0. The van der Waals surface area contributed by atoms with Gasteiger partial charge in [-0.15, -0.1) is 0 Å². The summed E-state index contributed by atoms with van der Waals surface area (Å²) in [5.41, 5.74) is 1.16. The average molecular weight is 250 g/mol. The Balaban J connectivity index is 1.81. The van der Waals surface area contributed by atoms with E-state index in [9.17, 15) is 4.79 Å². The van der Waals surface area contributed by atoms with Crippen LogP contribution in [-0.4, -0.2) is 22.1 Å². The number of aromatic nitrogens is 1. The van der Waals surface area contributed by atoms with E-state index in [4.69, 9.17) is 5.11 Å². The van der Waals surface area contributed by atoms with Gasteiger partial charge in [-0.25, -0.2) is 4.79 Å². The third-order valence-electron chi connectivity index (χ3n) is 4.05. The number of nitrogens with one attached hydrogen (secondary N) is 2. The first-order chi connectivity index (χ1) is 8.70. The first kappa shape index (κ1) is 13.1. The SMILES string of the molecule is CCC1CCC(NCc2[nH]ccc2C(=O)O)CC1. The number of hydrogen-bond acceptors (Lipinski definition) is 2. The van der Waals surface area contributed by atoms with Crippen molar-refractivity contribution >= 4 is 5.97 Å². The number of carboxylic acid groups (broad SMARTS) is 1. The molecule has 0 amide bonds. The van der Waals surface area contributed by atoms with Crippen LogP contribution >= 0.6 is 0 Å². The third kappa shape index (κ3) is 3.13. The highest BCUT2D eigenvalue weighted by atomic mass is 16.4. The lowest BCUT2D eigenvalue weighted by Crippen LogP contribution is -2.33. The van der Waals surface area contributed by atoms with Gasteiger partial charge in [0, 0.05) is 24.5 Å². The second kappa shape index (κ2) is 6.05. The van der Waals surface area contributed by atoms with Crippen molar-refractivity contribution in [1.29, 1.82) is 0 Å². The van der Waals surface area contributed by atoms with Gasteiger partial charge in [-0.1, -0.05) is 13.3 Å². The molecule has 1 aliphatic rings. The van der Waals surface area contributed by atoms with Gasteiger partial charge >= 0.3 is 5.97 Å². The Hall–Kier alpha value is -1.29. The van der Waals surface area contributed by atoms with Gasteiger partial charge in [-0.2, -0.15) is 0 Å². The van der Waals surface area contributed by atoms with Crippen molar-refractivity contribution in [2.75, 3.05) is 0 Å². The van der Waals surface area contributed by atoms with Gasteiger partial charge in [-0.05, 0) is 37.7 Å². The molecule has 1 aliphatic carbocycles. The summed E-state index contributed by atoms with van der Waals surface area (Å²) in [7, 11) is 0. The van der Waals surface area contributed by atoms with Gasteiger partial charge < -0.3 is 15.4 Å². The van der Waals surface area contributed by atoms with E-state index in [0.717, 1.165) is 11.6 Å². The number of hydrogen-bond donors (Lipinski definition) is 3. The summed E-state index contributed by atoms with van der Waals surface area (Å²) in [6.45, 7) is 2.88. The molecule has 0 unspecified atom stereocenters. The van der Waals surface area contributed by atoms with E-state index in [0.29, 0.717) is 18.2 Å². The van der Waals surface area contributed by atoms with Crippen LogP contribution in [0.5, 0.6) is 0 Å². The predicted molar refractivity (Wildman–Crippen MR) is 70.6 cm³/mol. The maximum Gasteiger partial charge on any atom is 0.337 e. The second-order valence-corrected chi connectivity index (χ2v) is 5.18. The molecular weight excluding hydrogens is 228 g/mol. The molecule has 0 saturated heterocycles. The molecule has 0 atom stereocenters. The van der Waals surface area contributed by atoms with Crippen molar-refractivity contribution in [3.8, 4) is 0 Å². The molecule has 0 bridgehead atoms. The molecule has 1 heterocycles. The molecule has 1 aromatic heterocycles. The van der Waals surface area contributed by atoms with Gasteiger partial charge in [0.05, 0.1) is 5.56 Å². The highest BCUT2D eigenvalue weighted by molar-refractivity contribution is 5.88. The van der Waals surface area contributed by atoms with Crippen LogP contribution in [0.15, 0.2) is 12.3 Å². The maximum atomic E-state index is 11.0. The number of rotatable bonds is 5. The number of H-pyrrole nitrogens is 1. The minimum Gasteiger partial charge on any atom is -0.478 e. The lowest BCUT2D eigenvalue weighted by Gasteiger charge is -2.28. The Morgan fingerprint density at radius 2 is 2.17 bits per heavy atom. The van der Waals surface area contributed by atoms with Crippen LogP contribution in [-0.2, 0) is 6.54 Å². The summed E-state index contributed by atoms with van der Waals surface area (Å²) in [4.78, 5) is 14.0. The monoisotopic (exact) mass is 250 g/mol. The molecule has 100 valence electrons. The van der Waals surface area contributed by atoms with E-state index in [1.165, 1.54) is 32.1 Å². The number of aromatic carboxylic acids is 1. The zero-order chi connectivity index (χ0) is 13.0. The number of carboxylic acids is 1. The van der Waals surface area contributed by atoms with E-state index < -0.39 is 5.97 Å². The molecule has 0 radical (unpaired) electrons. The Morgan fingerprint density at radius 1 is 1.44 bits per heavy atom. The number of aromatic amines is 1. The van der Waals surface area contributed by atoms with Crippen LogP contribution in [0.3, 0.4) is 0 Å². The minimum absolute atomic E-state index is 0.379. The zero-order valence-electron chi connectivity index (χ0n) is 10.9. The molecule has 0 aromatic carbocycles. The molecule has 18 heavy (non-hydrogen) atoms. The fourth-order valence-electron chi connectivity index (χ4n) is 2.77. The van der Waals surface area contributed by atoms with E-state index in [1.807, 2.05) is 0 Å². The van der Waals surface area contributed by atoms with Gasteiger partial charge in [0.2, 0.25) is 0 Å². The lowest BCUT2D eigenvalue weighted by atomic mass is 9.84. The van der Waals surface area contributed by atoms with E-state index in [-0.39, 0.29) is 0 Å². The molecule has 1 saturated carbocycles. The highest BCUT2D eigenvalue weighted by Crippen LogP contribution is 2.26. The van der Waals surface area contributed by atoms with Crippen LogP contribution in [0, 0.1) is 5.92 Å². The molecule has 1 aromatic rings. The van der Waals surface area contributed by atoms with E-state index in [2.05, 4.69) is 17.2 Å². The fourth-order valence-corrected chi connectivity index (χ4v) is 2.77. The lowest BCUT2D eigenvalue weighted by molar-refractivity contribution is 0.0695. The van der Waals surface area contributed by atoms with Crippen LogP contribution in [0.1, 0.15) is 55.1 Å². The summed E-state index contributed by atoms with van der Waals surface area (Å²) in [6, 6.07) is 2.16. The standard InChI is InChI=1S/C14H22N2O2/c1-2-10-3-5-11(6-4-10)16-9-13-12(14(17)18)7-8-15-13/h7-8,10-11,15-16H,2-6,9H2,1H3,(H,17,18). The predicted octanol–water partition coefficient (Wildman–Crippen LogP) is 2.77. The van der Waals surface area contributed by atoms with Gasteiger partial charge in [-0.3, -0.25) is 0 Å². The van der Waals surface area contributed by atoms with Crippen molar-refractivity contribution in [3.63, 3.8) is 0 Å². The van der Waals surface area contributed by atoms with Crippen LogP contribution in [0.4, 0.5) is 0 Å². The normalized spacial score (nSPS) is 24.1. The summed E-state index contributed by atoms with van der Waals surface area (Å²) in [6.07, 6.45) is 7.99. The molecule has 0 spiro atoms. The summed E-state index contributed by atoms with van der Waals surface area (Å²) in [5.74, 6) is 0.0332. The Morgan fingerprint density at radius 3 is 2.78 bits per heavy atom. The van der Waals surface area contributed by atoms with Gasteiger partial charge in [0.15, 0.2) is 0 Å². The van der Waals surface area contributed by atoms with Crippen molar-refractivity contribution < 1.29 is 9.90 Å². The third-order valence-corrected chi connectivity index (χ3v) is 4.05. The summed E-state index contributed by atoms with van der Waals surface area (Å²) in [5, 5.41) is 12.5. The van der Waals surface area contributed by atoms with Gasteiger partial charge in [0.25, 0.3) is 0 Å². The topological polar surface area (TPSA) is 65.1 Å². The quantitative estimate of drug-likeness (QED) is 0.753. The molecule has 0 aliphatic heterocycles. The molecular formula is C14H22N2O2. The molecule has 4 heteroatoms. The first-order valence-corrected chi connectivity index (χ1v) is 6.83. The van der Waals surface area contributed by atoms with E-state index in [1.54, 1.807) is 12.3 Å². The smallest absolute Gasteiger partial charge is 0.337 e. The Labute approximate surface area is 108 Å². The van der Waals surface area contributed by atoms with Gasteiger partial charge in [0.1, 0.15) is 0 Å². The van der Waals surface area contributed by atoms with Crippen LogP contribution in [0.2, 0.25) is 0 Å². The van der Waals surface area contributed by atoms with Crippen LogP contribution in [0.25, 0.3) is 0 Å². The molecule has 2 rings (SSSR count). The van der Waals surface area contributed by atoms with Crippen molar-refractivity contribution in [1.82, 2.24) is 10.3 Å². The Bertz CT molecular complexity index is 392. The Kier molecular flexibility index (Phi) is 4.42. The molecule has 4 nitrogen and oxygen atoms in total. The summed E-state index contributed by atoms with van der Waals surface area (Å²) >= 11 is 0. The zero-order valence-corrected chi connectivity index (χ0v) is 10.9. The number of carbonyl (C=O) groups is 1. The highest BCUT2D eigenvalue weighted by Gasteiger charge is 2.20. The maximum absolute atomic E-state index is 11.0. The second-order valence-electron chi connectivity index (χ2n) is 5.18.